The van der Waals surface area contributed by atoms with Crippen LogP contribution in [0, 0.1) is 5.92 Å². The highest BCUT2D eigenvalue weighted by Crippen LogP contribution is 2.29. The van der Waals surface area contributed by atoms with E-state index in [2.05, 4.69) is 0 Å². The van der Waals surface area contributed by atoms with Crippen LogP contribution in [0.25, 0.3) is 0 Å². The third-order valence-electron chi connectivity index (χ3n) is 3.07. The highest BCUT2D eigenvalue weighted by atomic mass is 32.2. The molecule has 0 saturated heterocycles. The number of ketones is 1. The molecule has 0 spiro atoms. The topological polar surface area (TPSA) is 26.3 Å². The molecule has 0 heterocycles. The van der Waals surface area contributed by atoms with Gasteiger partial charge in [0.05, 0.1) is 5.75 Å². The molecule has 1 saturated carbocycles. The monoisotopic (exact) mass is 230 g/mol. The van der Waals surface area contributed by atoms with Crippen LogP contribution in [0.4, 0.5) is 0 Å². The van der Waals surface area contributed by atoms with Crippen LogP contribution in [0.1, 0.15) is 39.0 Å². The molecule has 15 heavy (non-hydrogen) atoms. The van der Waals surface area contributed by atoms with Gasteiger partial charge < -0.3 is 4.74 Å². The van der Waals surface area contributed by atoms with Crippen molar-refractivity contribution in [2.75, 3.05) is 19.5 Å². The van der Waals surface area contributed by atoms with Crippen molar-refractivity contribution in [2.45, 2.75) is 44.3 Å². The number of ether oxygens (including phenoxy) is 1. The molecule has 1 aliphatic carbocycles. The van der Waals surface area contributed by atoms with Crippen molar-refractivity contribution in [3.63, 3.8) is 0 Å². The Morgan fingerprint density at radius 2 is 2.13 bits per heavy atom. The summed E-state index contributed by atoms with van der Waals surface area (Å²) in [6.45, 7) is 2.71. The molecule has 0 aliphatic heterocycles. The zero-order chi connectivity index (χ0) is 11.1. The molecule has 0 aromatic rings. The summed E-state index contributed by atoms with van der Waals surface area (Å²) in [6, 6.07) is 0. The van der Waals surface area contributed by atoms with E-state index in [0.29, 0.717) is 18.1 Å². The average Bonchev–Trinajstić information content (AvgIpc) is 2.75. The molecule has 1 fully saturated rings. The molecule has 1 unspecified atom stereocenters. The summed E-state index contributed by atoms with van der Waals surface area (Å²) in [6.07, 6.45) is 6.19. The van der Waals surface area contributed by atoms with E-state index in [1.165, 1.54) is 25.7 Å². The summed E-state index contributed by atoms with van der Waals surface area (Å²) >= 11 is 1.86. The van der Waals surface area contributed by atoms with Gasteiger partial charge in [0, 0.05) is 24.9 Å². The lowest BCUT2D eigenvalue weighted by Gasteiger charge is -2.12. The lowest BCUT2D eigenvalue weighted by Crippen LogP contribution is -2.16. The predicted octanol–water partition coefficient (Wildman–Crippen LogP) is 2.90. The first-order chi connectivity index (χ1) is 7.24. The fourth-order valence-corrected chi connectivity index (χ4v) is 3.20. The minimum absolute atomic E-state index is 0.166. The van der Waals surface area contributed by atoms with Gasteiger partial charge >= 0.3 is 0 Å². The van der Waals surface area contributed by atoms with Crippen LogP contribution in [-0.4, -0.2) is 30.5 Å². The summed E-state index contributed by atoms with van der Waals surface area (Å²) in [5.74, 6) is 1.26. The first-order valence-corrected chi connectivity index (χ1v) is 6.92. The first kappa shape index (κ1) is 13.0. The second-order valence-corrected chi connectivity index (χ2v) is 5.65. The molecule has 1 rings (SSSR count). The van der Waals surface area contributed by atoms with Crippen LogP contribution < -0.4 is 0 Å². The fraction of sp³-hybridized carbons (Fsp3) is 0.917. The van der Waals surface area contributed by atoms with Gasteiger partial charge in [-0.05, 0) is 19.3 Å². The molecule has 0 amide bonds. The maximum absolute atomic E-state index is 11.7. The van der Waals surface area contributed by atoms with Gasteiger partial charge in [0.25, 0.3) is 0 Å². The van der Waals surface area contributed by atoms with Gasteiger partial charge in [-0.2, -0.15) is 11.8 Å². The summed E-state index contributed by atoms with van der Waals surface area (Å²) in [5, 5.41) is 0.753. The average molecular weight is 230 g/mol. The maximum atomic E-state index is 11.7. The number of Topliss-reactive ketones (excluding diaryl/α,β-unsaturated/α-hetero) is 1. The van der Waals surface area contributed by atoms with E-state index in [1.54, 1.807) is 7.11 Å². The minimum Gasteiger partial charge on any atom is -0.385 e. The molecular formula is C12H22O2S. The Morgan fingerprint density at radius 1 is 1.47 bits per heavy atom. The van der Waals surface area contributed by atoms with Crippen LogP contribution >= 0.6 is 11.8 Å². The van der Waals surface area contributed by atoms with Gasteiger partial charge in [-0.3, -0.25) is 4.79 Å². The van der Waals surface area contributed by atoms with E-state index in [9.17, 15) is 4.79 Å². The van der Waals surface area contributed by atoms with Crippen LogP contribution in [-0.2, 0) is 9.53 Å². The number of thioether (sulfide) groups is 1. The zero-order valence-electron chi connectivity index (χ0n) is 9.83. The predicted molar refractivity (Wildman–Crippen MR) is 65.4 cm³/mol. The number of carbonyl (C=O) groups is 1. The Balaban J connectivity index is 2.11. The van der Waals surface area contributed by atoms with Crippen molar-refractivity contribution < 1.29 is 9.53 Å². The van der Waals surface area contributed by atoms with E-state index in [-0.39, 0.29) is 5.92 Å². The zero-order valence-corrected chi connectivity index (χ0v) is 10.6. The molecule has 0 bridgehead atoms. The van der Waals surface area contributed by atoms with E-state index >= 15 is 0 Å². The van der Waals surface area contributed by atoms with Gasteiger partial charge in [0.15, 0.2) is 0 Å². The smallest absolute Gasteiger partial charge is 0.145 e. The number of methoxy groups -OCH3 is 1. The van der Waals surface area contributed by atoms with Crippen molar-refractivity contribution in [3.05, 3.63) is 0 Å². The SMILES string of the molecule is COCCC(C)C(=O)CSC1CCCC1. The lowest BCUT2D eigenvalue weighted by atomic mass is 10.1. The Morgan fingerprint density at radius 3 is 2.73 bits per heavy atom. The molecule has 3 heteroatoms. The molecule has 0 aromatic carbocycles. The van der Waals surface area contributed by atoms with Gasteiger partial charge in [0.1, 0.15) is 5.78 Å². The maximum Gasteiger partial charge on any atom is 0.145 e. The van der Waals surface area contributed by atoms with Crippen molar-refractivity contribution in [1.82, 2.24) is 0 Å². The Bertz CT molecular complexity index is 188. The number of hydrogen-bond acceptors (Lipinski definition) is 3. The lowest BCUT2D eigenvalue weighted by molar-refractivity contribution is -0.120. The van der Waals surface area contributed by atoms with Crippen molar-refractivity contribution in [1.29, 1.82) is 0 Å². The van der Waals surface area contributed by atoms with E-state index in [1.807, 2.05) is 18.7 Å². The highest BCUT2D eigenvalue weighted by molar-refractivity contribution is 8.00. The van der Waals surface area contributed by atoms with Crippen LogP contribution in [0.2, 0.25) is 0 Å². The van der Waals surface area contributed by atoms with E-state index < -0.39 is 0 Å². The molecule has 0 radical (unpaired) electrons. The third kappa shape index (κ3) is 5.03. The van der Waals surface area contributed by atoms with E-state index in [0.717, 1.165) is 11.7 Å². The minimum atomic E-state index is 0.166. The standard InChI is InChI=1S/C12H22O2S/c1-10(7-8-14-2)12(13)9-15-11-5-3-4-6-11/h10-11H,3-9H2,1-2H3. The number of hydrogen-bond donors (Lipinski definition) is 0. The molecule has 1 aliphatic rings. The molecular weight excluding hydrogens is 208 g/mol. The molecule has 0 N–H and O–H groups in total. The van der Waals surface area contributed by atoms with Crippen molar-refractivity contribution >= 4 is 17.5 Å². The quantitative estimate of drug-likeness (QED) is 0.672. The van der Waals surface area contributed by atoms with Crippen molar-refractivity contribution in [2.24, 2.45) is 5.92 Å². The van der Waals surface area contributed by atoms with Crippen LogP contribution in [0.3, 0.4) is 0 Å². The Kier molecular flexibility index (Phi) is 6.34. The fourth-order valence-electron chi connectivity index (χ4n) is 1.85. The van der Waals surface area contributed by atoms with Crippen molar-refractivity contribution in [3.8, 4) is 0 Å². The Hall–Kier alpha value is -0.0200. The second-order valence-electron chi connectivity index (χ2n) is 4.37. The largest absolute Gasteiger partial charge is 0.385 e. The van der Waals surface area contributed by atoms with Gasteiger partial charge in [-0.1, -0.05) is 19.8 Å². The normalized spacial score (nSPS) is 19.3. The van der Waals surface area contributed by atoms with Gasteiger partial charge in [-0.25, -0.2) is 0 Å². The molecule has 88 valence electrons. The number of carbonyl (C=O) groups excluding carboxylic acids is 1. The molecule has 0 aromatic heterocycles. The van der Waals surface area contributed by atoms with Gasteiger partial charge in [0.2, 0.25) is 0 Å². The summed E-state index contributed by atoms with van der Waals surface area (Å²) in [4.78, 5) is 11.7. The Labute approximate surface area is 97.1 Å². The highest BCUT2D eigenvalue weighted by Gasteiger charge is 2.18. The van der Waals surface area contributed by atoms with E-state index in [4.69, 9.17) is 4.74 Å². The molecule has 2 nitrogen and oxygen atoms in total. The van der Waals surface area contributed by atoms with Crippen LogP contribution in [0.15, 0.2) is 0 Å². The third-order valence-corrected chi connectivity index (χ3v) is 4.46. The second kappa shape index (κ2) is 7.29. The number of rotatable bonds is 7. The first-order valence-electron chi connectivity index (χ1n) is 5.87. The summed E-state index contributed by atoms with van der Waals surface area (Å²) < 4.78 is 4.98. The van der Waals surface area contributed by atoms with Crippen LogP contribution in [0.5, 0.6) is 0 Å². The van der Waals surface area contributed by atoms with Gasteiger partial charge in [-0.15, -0.1) is 0 Å². The summed E-state index contributed by atoms with van der Waals surface area (Å²) in [7, 11) is 1.68. The molecule has 1 atom stereocenters. The summed E-state index contributed by atoms with van der Waals surface area (Å²) in [5.41, 5.74) is 0.